The topological polar surface area (TPSA) is 59.5 Å². The second-order valence-corrected chi connectivity index (χ2v) is 4.67. The van der Waals surface area contributed by atoms with E-state index < -0.39 is 0 Å². The van der Waals surface area contributed by atoms with Crippen molar-refractivity contribution in [3.05, 3.63) is 41.9 Å². The van der Waals surface area contributed by atoms with Gasteiger partial charge in [0.05, 0.1) is 18.5 Å². The molecule has 0 aromatic carbocycles. The molecule has 2 aliphatic heterocycles. The molecule has 3 rings (SSSR count). The Balaban J connectivity index is 2.12. The normalized spacial score (nSPS) is 18.4. The van der Waals surface area contributed by atoms with Crippen LogP contribution >= 0.6 is 0 Å². The van der Waals surface area contributed by atoms with E-state index in [1.807, 2.05) is 18.2 Å². The summed E-state index contributed by atoms with van der Waals surface area (Å²) in [7, 11) is 1.55. The Hall–Kier alpha value is -2.43. The lowest BCUT2D eigenvalue weighted by molar-refractivity contribution is -0.134. The average molecular weight is 270 g/mol. The molecule has 3 heterocycles. The summed E-state index contributed by atoms with van der Waals surface area (Å²) in [5.74, 6) is 0.441. The van der Waals surface area contributed by atoms with Gasteiger partial charge in [-0.15, -0.1) is 0 Å². The van der Waals surface area contributed by atoms with Gasteiger partial charge in [-0.25, -0.2) is 4.98 Å². The summed E-state index contributed by atoms with van der Waals surface area (Å²) < 4.78 is 5.11. The van der Waals surface area contributed by atoms with Gasteiger partial charge in [0.15, 0.2) is 5.78 Å². The van der Waals surface area contributed by atoms with E-state index in [2.05, 4.69) is 4.98 Å². The maximum Gasteiger partial charge on any atom is 0.231 e. The Morgan fingerprint density at radius 1 is 1.25 bits per heavy atom. The SMILES string of the molecule is COc1cccc(C2=C3C(=O)CCC(=O)N3C=CC2)n1. The highest BCUT2D eigenvalue weighted by atomic mass is 16.5. The van der Waals surface area contributed by atoms with E-state index in [1.165, 1.54) is 4.90 Å². The summed E-state index contributed by atoms with van der Waals surface area (Å²) in [6.07, 6.45) is 4.68. The molecule has 0 saturated carbocycles. The Morgan fingerprint density at radius 3 is 2.90 bits per heavy atom. The minimum atomic E-state index is -0.0454. The minimum absolute atomic E-state index is 0.00595. The van der Waals surface area contributed by atoms with Crippen LogP contribution in [-0.4, -0.2) is 28.7 Å². The van der Waals surface area contributed by atoms with Gasteiger partial charge >= 0.3 is 0 Å². The second-order valence-electron chi connectivity index (χ2n) is 4.67. The van der Waals surface area contributed by atoms with E-state index in [4.69, 9.17) is 4.74 Å². The van der Waals surface area contributed by atoms with Gasteiger partial charge in [-0.3, -0.25) is 14.5 Å². The van der Waals surface area contributed by atoms with Gasteiger partial charge in [0, 0.05) is 30.7 Å². The number of carbonyl (C=O) groups excluding carboxylic acids is 2. The zero-order chi connectivity index (χ0) is 14.1. The lowest BCUT2D eigenvalue weighted by Crippen LogP contribution is -2.36. The van der Waals surface area contributed by atoms with Crippen LogP contribution in [0.4, 0.5) is 0 Å². The van der Waals surface area contributed by atoms with E-state index in [9.17, 15) is 9.59 Å². The smallest absolute Gasteiger partial charge is 0.231 e. The molecule has 1 saturated heterocycles. The average Bonchev–Trinajstić information content (AvgIpc) is 2.50. The van der Waals surface area contributed by atoms with Crippen molar-refractivity contribution in [1.82, 2.24) is 9.88 Å². The third-order valence-corrected chi connectivity index (χ3v) is 3.44. The lowest BCUT2D eigenvalue weighted by Gasteiger charge is -2.30. The number of pyridine rings is 1. The Kier molecular flexibility index (Phi) is 3.10. The number of hydrogen-bond acceptors (Lipinski definition) is 4. The first-order valence-electron chi connectivity index (χ1n) is 6.47. The second kappa shape index (κ2) is 4.92. The molecule has 102 valence electrons. The summed E-state index contributed by atoms with van der Waals surface area (Å²) in [6, 6.07) is 5.40. The Morgan fingerprint density at radius 2 is 2.10 bits per heavy atom. The van der Waals surface area contributed by atoms with Crippen LogP contribution in [-0.2, 0) is 9.59 Å². The molecule has 1 aromatic rings. The number of allylic oxidation sites excluding steroid dienone is 3. The summed E-state index contributed by atoms with van der Waals surface area (Å²) >= 11 is 0. The Labute approximate surface area is 116 Å². The van der Waals surface area contributed by atoms with Crippen LogP contribution in [0.1, 0.15) is 25.0 Å². The van der Waals surface area contributed by atoms with Gasteiger partial charge < -0.3 is 4.74 Å². The van der Waals surface area contributed by atoms with Crippen LogP contribution in [0.3, 0.4) is 0 Å². The molecular weight excluding hydrogens is 256 g/mol. The third-order valence-electron chi connectivity index (χ3n) is 3.44. The first kappa shape index (κ1) is 12.6. The zero-order valence-electron chi connectivity index (χ0n) is 11.1. The first-order chi connectivity index (χ1) is 9.70. The van der Waals surface area contributed by atoms with Crippen LogP contribution in [0.2, 0.25) is 0 Å². The predicted molar refractivity (Wildman–Crippen MR) is 72.6 cm³/mol. The highest BCUT2D eigenvalue weighted by Gasteiger charge is 2.32. The molecule has 0 atom stereocenters. The van der Waals surface area contributed by atoms with E-state index in [0.717, 1.165) is 5.57 Å². The number of amides is 1. The van der Waals surface area contributed by atoms with Crippen molar-refractivity contribution in [2.24, 2.45) is 0 Å². The fourth-order valence-corrected chi connectivity index (χ4v) is 2.48. The highest BCUT2D eigenvalue weighted by Crippen LogP contribution is 2.33. The molecule has 5 nitrogen and oxygen atoms in total. The van der Waals surface area contributed by atoms with Gasteiger partial charge in [-0.2, -0.15) is 0 Å². The number of Topliss-reactive ketones (excluding diaryl/α,β-unsaturated/α-hetero) is 1. The number of hydrogen-bond donors (Lipinski definition) is 0. The largest absolute Gasteiger partial charge is 0.481 e. The Bertz CT molecular complexity index is 646. The number of aromatic nitrogens is 1. The molecule has 1 aromatic heterocycles. The zero-order valence-corrected chi connectivity index (χ0v) is 11.1. The van der Waals surface area contributed by atoms with Gasteiger partial charge in [0.1, 0.15) is 0 Å². The maximum absolute atomic E-state index is 12.2. The van der Waals surface area contributed by atoms with Crippen molar-refractivity contribution in [3.63, 3.8) is 0 Å². The molecule has 1 fully saturated rings. The number of rotatable bonds is 2. The number of methoxy groups -OCH3 is 1. The fraction of sp³-hybridized carbons (Fsp3) is 0.267. The molecule has 0 bridgehead atoms. The molecule has 2 aliphatic rings. The van der Waals surface area contributed by atoms with E-state index in [0.29, 0.717) is 23.7 Å². The van der Waals surface area contributed by atoms with Gasteiger partial charge in [-0.05, 0) is 12.5 Å². The standard InChI is InChI=1S/C15H14N2O3/c1-20-13-6-2-5-11(16-13)10-4-3-9-17-14(19)8-7-12(18)15(10)17/h2-3,5-6,9H,4,7-8H2,1H3. The number of fused-ring (bicyclic) bond motifs is 1. The molecule has 0 unspecified atom stereocenters. The number of ether oxygens (including phenoxy) is 1. The number of piperidine rings is 1. The predicted octanol–water partition coefficient (Wildman–Crippen LogP) is 1.91. The van der Waals surface area contributed by atoms with Crippen LogP contribution in [0.5, 0.6) is 5.88 Å². The number of nitrogens with zero attached hydrogens (tertiary/aromatic N) is 2. The molecule has 0 aliphatic carbocycles. The molecular formula is C15H14N2O3. The number of ketones is 1. The molecule has 20 heavy (non-hydrogen) atoms. The summed E-state index contributed by atoms with van der Waals surface area (Å²) in [5.41, 5.74) is 1.92. The van der Waals surface area contributed by atoms with E-state index >= 15 is 0 Å². The van der Waals surface area contributed by atoms with Crippen molar-refractivity contribution < 1.29 is 14.3 Å². The van der Waals surface area contributed by atoms with E-state index in [1.54, 1.807) is 19.4 Å². The first-order valence-corrected chi connectivity index (χ1v) is 6.47. The molecule has 1 amide bonds. The maximum atomic E-state index is 12.2. The molecule has 0 spiro atoms. The molecule has 0 radical (unpaired) electrons. The summed E-state index contributed by atoms with van der Waals surface area (Å²) in [5, 5.41) is 0. The van der Waals surface area contributed by atoms with Crippen molar-refractivity contribution in [3.8, 4) is 5.88 Å². The van der Waals surface area contributed by atoms with Gasteiger partial charge in [-0.1, -0.05) is 12.1 Å². The van der Waals surface area contributed by atoms with Crippen molar-refractivity contribution >= 4 is 17.3 Å². The third kappa shape index (κ3) is 2.01. The summed E-state index contributed by atoms with van der Waals surface area (Å²) in [6.45, 7) is 0. The van der Waals surface area contributed by atoms with Crippen LogP contribution < -0.4 is 4.74 Å². The summed E-state index contributed by atoms with van der Waals surface area (Å²) in [4.78, 5) is 29.9. The van der Waals surface area contributed by atoms with Gasteiger partial charge in [0.2, 0.25) is 11.8 Å². The van der Waals surface area contributed by atoms with Crippen molar-refractivity contribution in [2.75, 3.05) is 7.11 Å². The molecule has 5 heteroatoms. The highest BCUT2D eigenvalue weighted by molar-refractivity contribution is 6.09. The van der Waals surface area contributed by atoms with Gasteiger partial charge in [0.25, 0.3) is 0 Å². The van der Waals surface area contributed by atoms with Crippen LogP contribution in [0, 0.1) is 0 Å². The quantitative estimate of drug-likeness (QED) is 0.823. The van der Waals surface area contributed by atoms with Crippen molar-refractivity contribution in [1.29, 1.82) is 0 Å². The molecule has 0 N–H and O–H groups in total. The lowest BCUT2D eigenvalue weighted by atomic mass is 9.94. The van der Waals surface area contributed by atoms with Crippen molar-refractivity contribution in [2.45, 2.75) is 19.3 Å². The minimum Gasteiger partial charge on any atom is -0.481 e. The van der Waals surface area contributed by atoms with Crippen LogP contribution in [0.25, 0.3) is 5.57 Å². The van der Waals surface area contributed by atoms with Crippen LogP contribution in [0.15, 0.2) is 36.2 Å². The fourth-order valence-electron chi connectivity index (χ4n) is 2.48. The number of carbonyl (C=O) groups is 2. The monoisotopic (exact) mass is 270 g/mol. The van der Waals surface area contributed by atoms with E-state index in [-0.39, 0.29) is 24.5 Å².